The first-order valence-corrected chi connectivity index (χ1v) is 4.94. The lowest BCUT2D eigenvalue weighted by molar-refractivity contribution is 0.515. The number of hydrogen-bond donors (Lipinski definition) is 1. The summed E-state index contributed by atoms with van der Waals surface area (Å²) in [6, 6.07) is 0.810. The Morgan fingerprint density at radius 3 is 2.85 bits per heavy atom. The van der Waals surface area contributed by atoms with E-state index in [1.165, 1.54) is 0 Å². The molecule has 0 saturated carbocycles. The Kier molecular flexibility index (Phi) is 4.02. The van der Waals surface area contributed by atoms with Gasteiger partial charge in [0.05, 0.1) is 0 Å². The van der Waals surface area contributed by atoms with Crippen LogP contribution in [0.2, 0.25) is 0 Å². The molecule has 0 spiro atoms. The molecule has 13 heavy (non-hydrogen) atoms. The van der Waals surface area contributed by atoms with E-state index < -0.39 is 0 Å². The van der Waals surface area contributed by atoms with E-state index in [0.717, 1.165) is 12.8 Å². The average Bonchev–Trinajstić information content (AvgIpc) is 2.52. The molecule has 1 rings (SSSR count). The maximum atomic E-state index is 5.51. The van der Waals surface area contributed by atoms with Crippen LogP contribution in [-0.4, -0.2) is 16.2 Å². The highest BCUT2D eigenvalue weighted by molar-refractivity contribution is 6.16. The summed E-state index contributed by atoms with van der Waals surface area (Å²) in [5, 5.41) is 10.6. The second-order valence-electron chi connectivity index (χ2n) is 2.97. The van der Waals surface area contributed by atoms with Crippen LogP contribution in [0.15, 0.2) is 4.42 Å². The highest BCUT2D eigenvalue weighted by Crippen LogP contribution is 2.10. The van der Waals surface area contributed by atoms with Crippen LogP contribution in [-0.2, 0) is 5.88 Å². The maximum Gasteiger partial charge on any atom is 0.315 e. The zero-order valence-corrected chi connectivity index (χ0v) is 8.64. The van der Waals surface area contributed by atoms with Crippen molar-refractivity contribution in [3.63, 3.8) is 0 Å². The lowest BCUT2D eigenvalue weighted by Gasteiger charge is -2.08. The minimum absolute atomic E-state index is 0.261. The van der Waals surface area contributed by atoms with Crippen molar-refractivity contribution in [1.29, 1.82) is 0 Å². The van der Waals surface area contributed by atoms with Gasteiger partial charge in [0.2, 0.25) is 5.89 Å². The molecule has 0 saturated heterocycles. The maximum absolute atomic E-state index is 5.51. The van der Waals surface area contributed by atoms with E-state index in [4.69, 9.17) is 16.0 Å². The molecule has 4 nitrogen and oxygen atoms in total. The van der Waals surface area contributed by atoms with Gasteiger partial charge in [0.1, 0.15) is 5.88 Å². The monoisotopic (exact) mass is 203 g/mol. The molecule has 0 bridgehead atoms. The van der Waals surface area contributed by atoms with E-state index >= 15 is 0 Å². The standard InChI is InChI=1S/C8H14ClN3O/c1-3-4-6(2)10-8-12-11-7(5-9)13-8/h6H,3-5H2,1-2H3,(H,10,12). The summed E-state index contributed by atoms with van der Waals surface area (Å²) in [6.07, 6.45) is 2.21. The third-order valence-corrected chi connectivity index (χ3v) is 1.90. The molecule has 0 aromatic carbocycles. The summed E-state index contributed by atoms with van der Waals surface area (Å²) in [5.41, 5.74) is 0. The van der Waals surface area contributed by atoms with Crippen LogP contribution in [0.25, 0.3) is 0 Å². The number of alkyl halides is 1. The smallest absolute Gasteiger partial charge is 0.315 e. The van der Waals surface area contributed by atoms with Gasteiger partial charge in [0, 0.05) is 6.04 Å². The molecular formula is C8H14ClN3O. The summed E-state index contributed by atoms with van der Waals surface area (Å²) in [4.78, 5) is 0. The summed E-state index contributed by atoms with van der Waals surface area (Å²) >= 11 is 5.51. The number of nitrogens with zero attached hydrogens (tertiary/aromatic N) is 2. The van der Waals surface area contributed by atoms with Gasteiger partial charge in [-0.25, -0.2) is 0 Å². The van der Waals surface area contributed by atoms with Gasteiger partial charge >= 0.3 is 6.01 Å². The van der Waals surface area contributed by atoms with Gasteiger partial charge in [-0.2, -0.15) is 0 Å². The van der Waals surface area contributed by atoms with Gasteiger partial charge in [-0.15, -0.1) is 16.7 Å². The summed E-state index contributed by atoms with van der Waals surface area (Å²) < 4.78 is 5.18. The first-order chi connectivity index (χ1) is 6.26. The van der Waals surface area contributed by atoms with Crippen LogP contribution in [0.3, 0.4) is 0 Å². The topological polar surface area (TPSA) is 51.0 Å². The lowest BCUT2D eigenvalue weighted by Crippen LogP contribution is -2.14. The molecule has 1 atom stereocenters. The van der Waals surface area contributed by atoms with E-state index in [1.807, 2.05) is 0 Å². The first-order valence-electron chi connectivity index (χ1n) is 4.41. The molecule has 5 heteroatoms. The van der Waals surface area contributed by atoms with Gasteiger partial charge in [0.15, 0.2) is 0 Å². The Balaban J connectivity index is 2.44. The Morgan fingerprint density at radius 2 is 2.31 bits per heavy atom. The second kappa shape index (κ2) is 5.07. The van der Waals surface area contributed by atoms with Crippen molar-refractivity contribution in [2.24, 2.45) is 0 Å². The van der Waals surface area contributed by atoms with Crippen LogP contribution in [0.1, 0.15) is 32.6 Å². The van der Waals surface area contributed by atoms with Crippen LogP contribution in [0, 0.1) is 0 Å². The normalized spacial score (nSPS) is 12.8. The predicted octanol–water partition coefficient (Wildman–Crippen LogP) is 2.41. The quantitative estimate of drug-likeness (QED) is 0.747. The van der Waals surface area contributed by atoms with Gasteiger partial charge in [-0.05, 0) is 13.3 Å². The van der Waals surface area contributed by atoms with Crippen molar-refractivity contribution < 1.29 is 4.42 Å². The Morgan fingerprint density at radius 1 is 1.54 bits per heavy atom. The number of halogens is 1. The second-order valence-corrected chi connectivity index (χ2v) is 3.24. The lowest BCUT2D eigenvalue weighted by atomic mass is 10.2. The summed E-state index contributed by atoms with van der Waals surface area (Å²) in [5.74, 6) is 0.712. The minimum atomic E-state index is 0.261. The van der Waals surface area contributed by atoms with Crippen molar-refractivity contribution in [1.82, 2.24) is 10.2 Å². The molecular weight excluding hydrogens is 190 g/mol. The number of hydrogen-bond acceptors (Lipinski definition) is 4. The van der Waals surface area contributed by atoms with Crippen molar-refractivity contribution in [2.75, 3.05) is 5.32 Å². The molecule has 0 fully saturated rings. The molecule has 1 N–H and O–H groups in total. The van der Waals surface area contributed by atoms with Gasteiger partial charge < -0.3 is 9.73 Å². The Labute approximate surface area is 82.7 Å². The molecule has 0 aliphatic carbocycles. The zero-order valence-electron chi connectivity index (χ0n) is 7.88. The van der Waals surface area contributed by atoms with Crippen molar-refractivity contribution in [2.45, 2.75) is 38.6 Å². The molecule has 1 heterocycles. The third kappa shape index (κ3) is 3.22. The van der Waals surface area contributed by atoms with E-state index in [0.29, 0.717) is 17.9 Å². The SMILES string of the molecule is CCCC(C)Nc1nnc(CCl)o1. The van der Waals surface area contributed by atoms with E-state index in [-0.39, 0.29) is 5.88 Å². The fourth-order valence-electron chi connectivity index (χ4n) is 1.08. The first kappa shape index (κ1) is 10.3. The number of nitrogens with one attached hydrogen (secondary N) is 1. The molecule has 0 amide bonds. The van der Waals surface area contributed by atoms with E-state index in [1.54, 1.807) is 0 Å². The van der Waals surface area contributed by atoms with Crippen LogP contribution in [0.5, 0.6) is 0 Å². The van der Waals surface area contributed by atoms with Gasteiger partial charge in [-0.1, -0.05) is 18.4 Å². The molecule has 1 aromatic heterocycles. The highest BCUT2D eigenvalue weighted by atomic mass is 35.5. The van der Waals surface area contributed by atoms with Crippen molar-refractivity contribution >= 4 is 17.6 Å². The Hall–Kier alpha value is -0.770. The van der Waals surface area contributed by atoms with E-state index in [9.17, 15) is 0 Å². The number of anilines is 1. The largest absolute Gasteiger partial charge is 0.407 e. The molecule has 0 radical (unpaired) electrons. The fourth-order valence-corrected chi connectivity index (χ4v) is 1.19. The van der Waals surface area contributed by atoms with Crippen LogP contribution >= 0.6 is 11.6 Å². The highest BCUT2D eigenvalue weighted by Gasteiger charge is 2.07. The average molecular weight is 204 g/mol. The zero-order chi connectivity index (χ0) is 9.68. The molecule has 1 aromatic rings. The van der Waals surface area contributed by atoms with Gasteiger partial charge in [-0.3, -0.25) is 0 Å². The minimum Gasteiger partial charge on any atom is -0.407 e. The van der Waals surface area contributed by atoms with Gasteiger partial charge in [0.25, 0.3) is 0 Å². The Bertz CT molecular complexity index is 251. The van der Waals surface area contributed by atoms with Crippen molar-refractivity contribution in [3.05, 3.63) is 5.89 Å². The number of aromatic nitrogens is 2. The van der Waals surface area contributed by atoms with Crippen molar-refractivity contribution in [3.8, 4) is 0 Å². The fraction of sp³-hybridized carbons (Fsp3) is 0.750. The van der Waals surface area contributed by atoms with Crippen LogP contribution < -0.4 is 5.32 Å². The molecule has 74 valence electrons. The van der Waals surface area contributed by atoms with E-state index in [2.05, 4.69) is 29.4 Å². The third-order valence-electron chi connectivity index (χ3n) is 1.67. The molecule has 0 aliphatic heterocycles. The predicted molar refractivity (Wildman–Crippen MR) is 51.8 cm³/mol. The van der Waals surface area contributed by atoms with Crippen LogP contribution in [0.4, 0.5) is 6.01 Å². The molecule has 1 unspecified atom stereocenters. The summed E-state index contributed by atoms with van der Waals surface area (Å²) in [7, 11) is 0. The molecule has 0 aliphatic rings. The summed E-state index contributed by atoms with van der Waals surface area (Å²) in [6.45, 7) is 4.21. The number of rotatable bonds is 5.